The van der Waals surface area contributed by atoms with Gasteiger partial charge in [0, 0.05) is 30.6 Å². The summed E-state index contributed by atoms with van der Waals surface area (Å²) in [6, 6.07) is 4.57. The standard InChI is InChI=1S/C13H17BrN2O4/c14-5-6-15-12-8-10(16(17)18)3-4-13(12)20-9-11-2-1-7-19-11/h3-4,8,11,15H,1-2,5-7,9H2. The molecule has 0 spiro atoms. The number of benzene rings is 1. The Morgan fingerprint density at radius 3 is 3.05 bits per heavy atom. The molecular formula is C13H17BrN2O4. The highest BCUT2D eigenvalue weighted by atomic mass is 79.9. The maximum atomic E-state index is 10.8. The normalized spacial score (nSPS) is 17.9. The predicted molar refractivity (Wildman–Crippen MR) is 79.8 cm³/mol. The molecule has 1 fully saturated rings. The van der Waals surface area contributed by atoms with Gasteiger partial charge in [-0.25, -0.2) is 0 Å². The number of hydrogen-bond acceptors (Lipinski definition) is 5. The molecule has 20 heavy (non-hydrogen) atoms. The largest absolute Gasteiger partial charge is 0.489 e. The number of nitro benzene ring substituents is 1. The van der Waals surface area contributed by atoms with E-state index in [-0.39, 0.29) is 11.8 Å². The van der Waals surface area contributed by atoms with Crippen molar-refractivity contribution in [3.63, 3.8) is 0 Å². The summed E-state index contributed by atoms with van der Waals surface area (Å²) in [4.78, 5) is 10.4. The van der Waals surface area contributed by atoms with Crippen molar-refractivity contribution < 1.29 is 14.4 Å². The SMILES string of the molecule is O=[N+]([O-])c1ccc(OCC2CCCO2)c(NCCBr)c1. The summed E-state index contributed by atoms with van der Waals surface area (Å²) < 4.78 is 11.2. The summed E-state index contributed by atoms with van der Waals surface area (Å²) in [6.45, 7) is 1.92. The molecule has 1 N–H and O–H groups in total. The lowest BCUT2D eigenvalue weighted by atomic mass is 10.2. The maximum Gasteiger partial charge on any atom is 0.271 e. The lowest BCUT2D eigenvalue weighted by Crippen LogP contribution is -2.17. The summed E-state index contributed by atoms with van der Waals surface area (Å²) in [5, 5.41) is 14.7. The quantitative estimate of drug-likeness (QED) is 0.467. The number of rotatable bonds is 7. The fourth-order valence-corrected chi connectivity index (χ4v) is 2.23. The second-order valence-electron chi connectivity index (χ2n) is 4.50. The summed E-state index contributed by atoms with van der Waals surface area (Å²) in [5.74, 6) is 0.618. The Balaban J connectivity index is 2.06. The first-order chi connectivity index (χ1) is 9.70. The number of anilines is 1. The van der Waals surface area contributed by atoms with Crippen LogP contribution >= 0.6 is 15.9 Å². The van der Waals surface area contributed by atoms with E-state index < -0.39 is 4.92 Å². The smallest absolute Gasteiger partial charge is 0.271 e. The average molecular weight is 345 g/mol. The van der Waals surface area contributed by atoms with Crippen LogP contribution < -0.4 is 10.1 Å². The van der Waals surface area contributed by atoms with Crippen LogP contribution in [0.4, 0.5) is 11.4 Å². The van der Waals surface area contributed by atoms with Crippen LogP contribution in [-0.4, -0.2) is 36.1 Å². The van der Waals surface area contributed by atoms with E-state index in [0.29, 0.717) is 24.6 Å². The zero-order chi connectivity index (χ0) is 14.4. The zero-order valence-corrected chi connectivity index (χ0v) is 12.6. The van der Waals surface area contributed by atoms with Gasteiger partial charge in [-0.05, 0) is 18.9 Å². The summed E-state index contributed by atoms with van der Waals surface area (Å²) in [5.41, 5.74) is 0.684. The van der Waals surface area contributed by atoms with Crippen molar-refractivity contribution in [1.29, 1.82) is 0 Å². The van der Waals surface area contributed by atoms with Gasteiger partial charge in [-0.3, -0.25) is 10.1 Å². The van der Waals surface area contributed by atoms with Crippen LogP contribution in [0.2, 0.25) is 0 Å². The maximum absolute atomic E-state index is 10.8. The van der Waals surface area contributed by atoms with Crippen LogP contribution in [0.5, 0.6) is 5.75 Å². The van der Waals surface area contributed by atoms with Gasteiger partial charge in [-0.15, -0.1) is 0 Å². The molecule has 110 valence electrons. The molecule has 0 amide bonds. The molecule has 1 saturated heterocycles. The summed E-state index contributed by atoms with van der Waals surface area (Å²) in [6.07, 6.45) is 2.18. The minimum atomic E-state index is -0.414. The predicted octanol–water partition coefficient (Wildman–Crippen LogP) is 2.96. The van der Waals surface area contributed by atoms with E-state index in [4.69, 9.17) is 9.47 Å². The molecule has 1 unspecified atom stereocenters. The van der Waals surface area contributed by atoms with Gasteiger partial charge in [0.1, 0.15) is 12.4 Å². The van der Waals surface area contributed by atoms with Crippen LogP contribution in [0, 0.1) is 10.1 Å². The van der Waals surface area contributed by atoms with Gasteiger partial charge in [0.05, 0.1) is 16.7 Å². The zero-order valence-electron chi connectivity index (χ0n) is 11.0. The molecule has 1 atom stereocenters. The molecule has 0 aliphatic carbocycles. The second-order valence-corrected chi connectivity index (χ2v) is 5.29. The van der Waals surface area contributed by atoms with E-state index in [1.807, 2.05) is 0 Å². The average Bonchev–Trinajstić information content (AvgIpc) is 2.96. The first kappa shape index (κ1) is 15.1. The number of hydrogen-bond donors (Lipinski definition) is 1. The number of non-ortho nitro benzene ring substituents is 1. The number of ether oxygens (including phenoxy) is 2. The van der Waals surface area contributed by atoms with Crippen molar-refractivity contribution in [1.82, 2.24) is 0 Å². The Morgan fingerprint density at radius 2 is 2.40 bits per heavy atom. The Hall–Kier alpha value is -1.34. The van der Waals surface area contributed by atoms with Gasteiger partial charge < -0.3 is 14.8 Å². The minimum absolute atomic E-state index is 0.0477. The lowest BCUT2D eigenvalue weighted by Gasteiger charge is -2.15. The third-order valence-corrected chi connectivity index (χ3v) is 3.43. The molecule has 0 radical (unpaired) electrons. The van der Waals surface area contributed by atoms with Crippen LogP contribution in [0.25, 0.3) is 0 Å². The molecule has 0 saturated carbocycles. The third kappa shape index (κ3) is 4.08. The Kier molecular flexibility index (Phi) is 5.60. The van der Waals surface area contributed by atoms with Gasteiger partial charge >= 0.3 is 0 Å². The van der Waals surface area contributed by atoms with Gasteiger partial charge in [-0.2, -0.15) is 0 Å². The Labute approximate surface area is 125 Å². The molecule has 6 nitrogen and oxygen atoms in total. The first-order valence-electron chi connectivity index (χ1n) is 6.53. The summed E-state index contributed by atoms with van der Waals surface area (Å²) in [7, 11) is 0. The molecule has 0 aromatic heterocycles. The molecule has 0 bridgehead atoms. The Bertz CT molecular complexity index is 464. The van der Waals surface area contributed by atoms with Gasteiger partial charge in [0.2, 0.25) is 0 Å². The number of alkyl halides is 1. The van der Waals surface area contributed by atoms with Crippen molar-refractivity contribution in [2.75, 3.05) is 30.4 Å². The molecule has 1 aliphatic rings. The molecule has 1 aromatic rings. The van der Waals surface area contributed by atoms with Crippen LogP contribution in [0.15, 0.2) is 18.2 Å². The molecule has 1 aromatic carbocycles. The van der Waals surface area contributed by atoms with Gasteiger partial charge in [0.25, 0.3) is 5.69 Å². The number of nitro groups is 1. The number of nitrogens with one attached hydrogen (secondary N) is 1. The highest BCUT2D eigenvalue weighted by molar-refractivity contribution is 9.09. The van der Waals surface area contributed by atoms with E-state index >= 15 is 0 Å². The fraction of sp³-hybridized carbons (Fsp3) is 0.538. The fourth-order valence-electron chi connectivity index (χ4n) is 2.04. The highest BCUT2D eigenvalue weighted by Gasteiger charge is 2.18. The van der Waals surface area contributed by atoms with Crippen molar-refractivity contribution in [2.24, 2.45) is 0 Å². The molecule has 7 heteroatoms. The number of nitrogens with zero attached hydrogens (tertiary/aromatic N) is 1. The van der Waals surface area contributed by atoms with Crippen molar-refractivity contribution in [3.05, 3.63) is 28.3 Å². The second kappa shape index (κ2) is 7.44. The topological polar surface area (TPSA) is 73.6 Å². The number of halogens is 1. The van der Waals surface area contributed by atoms with Crippen LogP contribution in [0.1, 0.15) is 12.8 Å². The van der Waals surface area contributed by atoms with Crippen molar-refractivity contribution >= 4 is 27.3 Å². The van der Waals surface area contributed by atoms with E-state index in [0.717, 1.165) is 24.8 Å². The van der Waals surface area contributed by atoms with Gasteiger partial charge in [0.15, 0.2) is 0 Å². The van der Waals surface area contributed by atoms with E-state index in [2.05, 4.69) is 21.2 Å². The summed E-state index contributed by atoms with van der Waals surface area (Å²) >= 11 is 3.31. The minimum Gasteiger partial charge on any atom is -0.489 e. The molecule has 1 heterocycles. The lowest BCUT2D eigenvalue weighted by molar-refractivity contribution is -0.384. The van der Waals surface area contributed by atoms with E-state index in [1.165, 1.54) is 12.1 Å². The van der Waals surface area contributed by atoms with E-state index in [1.54, 1.807) is 6.07 Å². The molecule has 1 aliphatic heterocycles. The highest BCUT2D eigenvalue weighted by Crippen LogP contribution is 2.29. The van der Waals surface area contributed by atoms with Gasteiger partial charge in [-0.1, -0.05) is 15.9 Å². The first-order valence-corrected chi connectivity index (χ1v) is 7.65. The third-order valence-electron chi connectivity index (χ3n) is 3.03. The van der Waals surface area contributed by atoms with Crippen molar-refractivity contribution in [2.45, 2.75) is 18.9 Å². The van der Waals surface area contributed by atoms with Crippen molar-refractivity contribution in [3.8, 4) is 5.75 Å². The van der Waals surface area contributed by atoms with Crippen LogP contribution in [-0.2, 0) is 4.74 Å². The monoisotopic (exact) mass is 344 g/mol. The molecular weight excluding hydrogens is 328 g/mol. The Morgan fingerprint density at radius 1 is 1.55 bits per heavy atom. The van der Waals surface area contributed by atoms with E-state index in [9.17, 15) is 10.1 Å². The van der Waals surface area contributed by atoms with Crippen LogP contribution in [0.3, 0.4) is 0 Å². The molecule has 2 rings (SSSR count).